The van der Waals surface area contributed by atoms with Gasteiger partial charge < -0.3 is 5.32 Å². The summed E-state index contributed by atoms with van der Waals surface area (Å²) in [7, 11) is 2.09. The molecule has 1 fully saturated rings. The topological polar surface area (TPSA) is 29.9 Å². The number of nitrogens with one attached hydrogen (secondary N) is 1. The van der Waals surface area contributed by atoms with E-state index in [0.717, 1.165) is 0 Å². The van der Waals surface area contributed by atoms with Crippen LogP contribution in [0, 0.1) is 0 Å². The minimum Gasteiger partial charge on any atom is -0.313 e. The highest BCUT2D eigenvalue weighted by atomic mass is 15.3. The fourth-order valence-electron chi connectivity index (χ4n) is 3.86. The molecule has 0 aliphatic heterocycles. The molecule has 0 radical (unpaired) electrons. The van der Waals surface area contributed by atoms with Gasteiger partial charge in [-0.15, -0.1) is 0 Å². The maximum absolute atomic E-state index is 4.78. The summed E-state index contributed by atoms with van der Waals surface area (Å²) in [6, 6.07) is 1.19. The minimum absolute atomic E-state index is 0.525. The van der Waals surface area contributed by atoms with Crippen molar-refractivity contribution in [1.82, 2.24) is 15.1 Å². The number of aromatic nitrogens is 2. The van der Waals surface area contributed by atoms with Gasteiger partial charge in [0.1, 0.15) is 0 Å². The second-order valence-corrected chi connectivity index (χ2v) is 6.22. The Morgan fingerprint density at radius 3 is 2.53 bits per heavy atom. The quantitative estimate of drug-likeness (QED) is 0.649. The van der Waals surface area contributed by atoms with Gasteiger partial charge in [-0.25, -0.2) is 0 Å². The zero-order valence-electron chi connectivity index (χ0n) is 12.2. The molecule has 1 aromatic rings. The molecule has 0 aromatic carbocycles. The van der Waals surface area contributed by atoms with Crippen LogP contribution < -0.4 is 5.32 Å². The summed E-state index contributed by atoms with van der Waals surface area (Å²) in [5, 5.41) is 8.26. The van der Waals surface area contributed by atoms with Gasteiger partial charge in [0.2, 0.25) is 0 Å². The molecule has 106 valence electrons. The zero-order valence-corrected chi connectivity index (χ0v) is 12.2. The van der Waals surface area contributed by atoms with E-state index in [2.05, 4.69) is 23.2 Å². The molecular formula is C16H27N3. The lowest BCUT2D eigenvalue weighted by Gasteiger charge is -2.19. The third-order valence-corrected chi connectivity index (χ3v) is 4.98. The van der Waals surface area contributed by atoms with Crippen molar-refractivity contribution < 1.29 is 0 Å². The SMILES string of the molecule is CNC1CCCCc2c1cnn2C1CCCCCC1. The molecule has 0 bridgehead atoms. The van der Waals surface area contributed by atoms with Crippen LogP contribution in [0.15, 0.2) is 6.20 Å². The third-order valence-electron chi connectivity index (χ3n) is 4.98. The number of fused-ring (bicyclic) bond motifs is 1. The Balaban J connectivity index is 1.88. The molecule has 0 saturated heterocycles. The van der Waals surface area contributed by atoms with Crippen molar-refractivity contribution in [2.45, 2.75) is 76.3 Å². The van der Waals surface area contributed by atoms with E-state index in [1.807, 2.05) is 0 Å². The molecule has 3 rings (SSSR count). The molecule has 1 heterocycles. The molecule has 2 aliphatic carbocycles. The lowest BCUT2D eigenvalue weighted by atomic mass is 10.0. The van der Waals surface area contributed by atoms with Crippen LogP contribution >= 0.6 is 0 Å². The normalized spacial score (nSPS) is 25.6. The Morgan fingerprint density at radius 2 is 1.79 bits per heavy atom. The molecule has 2 aliphatic rings. The summed E-state index contributed by atoms with van der Waals surface area (Å²) in [6.07, 6.45) is 15.6. The molecule has 1 unspecified atom stereocenters. The van der Waals surface area contributed by atoms with Gasteiger partial charge in [0.15, 0.2) is 0 Å². The molecular weight excluding hydrogens is 234 g/mol. The Labute approximate surface area is 116 Å². The lowest BCUT2D eigenvalue weighted by Crippen LogP contribution is -2.17. The number of hydrogen-bond acceptors (Lipinski definition) is 2. The first-order chi connectivity index (χ1) is 9.40. The zero-order chi connectivity index (χ0) is 13.1. The Kier molecular flexibility index (Phi) is 4.21. The summed E-state index contributed by atoms with van der Waals surface area (Å²) in [5.41, 5.74) is 3.01. The summed E-state index contributed by atoms with van der Waals surface area (Å²) in [6.45, 7) is 0. The molecule has 1 saturated carbocycles. The third kappa shape index (κ3) is 2.71. The van der Waals surface area contributed by atoms with Crippen LogP contribution in [0.2, 0.25) is 0 Å². The van der Waals surface area contributed by atoms with E-state index in [0.29, 0.717) is 12.1 Å². The van der Waals surface area contributed by atoms with Crippen LogP contribution in [-0.2, 0) is 6.42 Å². The van der Waals surface area contributed by atoms with Gasteiger partial charge in [0.25, 0.3) is 0 Å². The van der Waals surface area contributed by atoms with Crippen molar-refractivity contribution in [3.05, 3.63) is 17.5 Å². The standard InChI is InChI=1S/C16H27N3/c1-17-15-10-6-7-11-16-14(15)12-18-19(16)13-8-4-2-3-5-9-13/h12-13,15,17H,2-11H2,1H3. The molecule has 19 heavy (non-hydrogen) atoms. The predicted molar refractivity (Wildman–Crippen MR) is 78.3 cm³/mol. The van der Waals surface area contributed by atoms with Crippen LogP contribution in [0.4, 0.5) is 0 Å². The molecule has 1 N–H and O–H groups in total. The van der Waals surface area contributed by atoms with Gasteiger partial charge in [-0.2, -0.15) is 5.10 Å². The first-order valence-corrected chi connectivity index (χ1v) is 8.13. The average Bonchev–Trinajstić information content (AvgIpc) is 2.64. The highest BCUT2D eigenvalue weighted by Crippen LogP contribution is 2.33. The highest BCUT2D eigenvalue weighted by molar-refractivity contribution is 5.24. The van der Waals surface area contributed by atoms with Crippen molar-refractivity contribution in [2.24, 2.45) is 0 Å². The largest absolute Gasteiger partial charge is 0.313 e. The van der Waals surface area contributed by atoms with Gasteiger partial charge in [-0.3, -0.25) is 4.68 Å². The molecule has 0 amide bonds. The van der Waals surface area contributed by atoms with Gasteiger partial charge in [0, 0.05) is 17.3 Å². The van der Waals surface area contributed by atoms with Crippen LogP contribution in [0.1, 0.15) is 81.1 Å². The van der Waals surface area contributed by atoms with Gasteiger partial charge in [-0.1, -0.05) is 32.1 Å². The van der Waals surface area contributed by atoms with Crippen molar-refractivity contribution >= 4 is 0 Å². The van der Waals surface area contributed by atoms with Gasteiger partial charge >= 0.3 is 0 Å². The fourth-order valence-corrected chi connectivity index (χ4v) is 3.86. The first kappa shape index (κ1) is 13.2. The monoisotopic (exact) mass is 261 g/mol. The second-order valence-electron chi connectivity index (χ2n) is 6.22. The minimum atomic E-state index is 0.525. The molecule has 0 spiro atoms. The maximum atomic E-state index is 4.78. The van der Waals surface area contributed by atoms with Crippen LogP contribution in [0.3, 0.4) is 0 Å². The molecule has 1 aromatic heterocycles. The number of nitrogens with zero attached hydrogens (tertiary/aromatic N) is 2. The lowest BCUT2D eigenvalue weighted by molar-refractivity contribution is 0.392. The summed E-state index contributed by atoms with van der Waals surface area (Å²) >= 11 is 0. The second kappa shape index (κ2) is 6.08. The van der Waals surface area contributed by atoms with E-state index in [1.165, 1.54) is 75.5 Å². The maximum Gasteiger partial charge on any atom is 0.0540 e. The Morgan fingerprint density at radius 1 is 1.05 bits per heavy atom. The van der Waals surface area contributed by atoms with E-state index in [1.54, 1.807) is 0 Å². The fraction of sp³-hybridized carbons (Fsp3) is 0.812. The Bertz CT molecular complexity index is 402. The predicted octanol–water partition coefficient (Wildman–Crippen LogP) is 3.77. The van der Waals surface area contributed by atoms with Crippen LogP contribution in [0.5, 0.6) is 0 Å². The molecule has 3 nitrogen and oxygen atoms in total. The van der Waals surface area contributed by atoms with E-state index < -0.39 is 0 Å². The van der Waals surface area contributed by atoms with E-state index >= 15 is 0 Å². The smallest absolute Gasteiger partial charge is 0.0540 e. The van der Waals surface area contributed by atoms with Crippen molar-refractivity contribution in [2.75, 3.05) is 7.05 Å². The summed E-state index contributed by atoms with van der Waals surface area (Å²) < 4.78 is 2.40. The van der Waals surface area contributed by atoms with Crippen LogP contribution in [-0.4, -0.2) is 16.8 Å². The number of rotatable bonds is 2. The van der Waals surface area contributed by atoms with Crippen LogP contribution in [0.25, 0.3) is 0 Å². The summed E-state index contributed by atoms with van der Waals surface area (Å²) in [4.78, 5) is 0. The molecule has 3 heteroatoms. The van der Waals surface area contributed by atoms with Crippen molar-refractivity contribution in [3.63, 3.8) is 0 Å². The van der Waals surface area contributed by atoms with Crippen molar-refractivity contribution in [1.29, 1.82) is 0 Å². The van der Waals surface area contributed by atoms with Gasteiger partial charge in [0.05, 0.1) is 12.2 Å². The van der Waals surface area contributed by atoms with E-state index in [9.17, 15) is 0 Å². The summed E-state index contributed by atoms with van der Waals surface area (Å²) in [5.74, 6) is 0. The van der Waals surface area contributed by atoms with E-state index in [4.69, 9.17) is 5.10 Å². The van der Waals surface area contributed by atoms with Gasteiger partial charge in [-0.05, 0) is 39.2 Å². The first-order valence-electron chi connectivity index (χ1n) is 8.13. The highest BCUT2D eigenvalue weighted by Gasteiger charge is 2.25. The average molecular weight is 261 g/mol. The van der Waals surface area contributed by atoms with E-state index in [-0.39, 0.29) is 0 Å². The molecule has 1 atom stereocenters. The Hall–Kier alpha value is -0.830. The van der Waals surface area contributed by atoms with Crippen molar-refractivity contribution in [3.8, 4) is 0 Å². The number of hydrogen-bond donors (Lipinski definition) is 1.